The van der Waals surface area contributed by atoms with Gasteiger partial charge in [0.1, 0.15) is 11.3 Å². The van der Waals surface area contributed by atoms with E-state index in [2.05, 4.69) is 29.5 Å². The van der Waals surface area contributed by atoms with Gasteiger partial charge < -0.3 is 14.8 Å². The maximum absolute atomic E-state index is 12.5. The standard InChI is InChI=1S/C27H27N3O3S/c1-5-16(3)18-7-11-24-22(13-18)29-26(33-24)21-10-8-19(14-23(21)31)28-27(34)30-25(32)20-9-6-15(2)12-17(20)4/h6-14,16,31H,5H2,1-4H3,(H2,28,30,32,34)/t16-/m1/s1. The second kappa shape index (κ2) is 9.65. The molecule has 1 heterocycles. The number of aromatic hydroxyl groups is 1. The van der Waals surface area contributed by atoms with Crippen LogP contribution in [0.1, 0.15) is 53.2 Å². The number of hydrogen-bond acceptors (Lipinski definition) is 5. The van der Waals surface area contributed by atoms with Crippen molar-refractivity contribution >= 4 is 40.0 Å². The smallest absolute Gasteiger partial charge is 0.257 e. The summed E-state index contributed by atoms with van der Waals surface area (Å²) in [6.07, 6.45) is 1.04. The van der Waals surface area contributed by atoms with Gasteiger partial charge in [0.25, 0.3) is 5.91 Å². The average molecular weight is 474 g/mol. The highest BCUT2D eigenvalue weighted by Gasteiger charge is 2.15. The Morgan fingerprint density at radius 2 is 1.91 bits per heavy atom. The van der Waals surface area contributed by atoms with E-state index in [1.807, 2.05) is 44.2 Å². The minimum atomic E-state index is -0.293. The summed E-state index contributed by atoms with van der Waals surface area (Å²) in [7, 11) is 0. The SMILES string of the molecule is CC[C@@H](C)c1ccc2oc(-c3ccc(NC(=S)NC(=O)c4ccc(C)cc4C)cc3O)nc2c1. The Balaban J connectivity index is 1.48. The first-order valence-corrected chi connectivity index (χ1v) is 11.6. The summed E-state index contributed by atoms with van der Waals surface area (Å²) < 4.78 is 5.87. The number of nitrogens with zero attached hydrogens (tertiary/aromatic N) is 1. The van der Waals surface area contributed by atoms with Crippen LogP contribution >= 0.6 is 12.2 Å². The van der Waals surface area contributed by atoms with Crippen LogP contribution in [0.2, 0.25) is 0 Å². The average Bonchev–Trinajstić information content (AvgIpc) is 3.21. The molecule has 0 saturated heterocycles. The molecule has 4 aromatic rings. The lowest BCUT2D eigenvalue weighted by Gasteiger charge is -2.12. The molecule has 4 rings (SSSR count). The van der Waals surface area contributed by atoms with Gasteiger partial charge in [-0.05, 0) is 79.9 Å². The number of thiocarbonyl (C=S) groups is 1. The number of phenolic OH excluding ortho intramolecular Hbond substituents is 1. The van der Waals surface area contributed by atoms with Gasteiger partial charge in [0, 0.05) is 17.3 Å². The van der Waals surface area contributed by atoms with Crippen molar-refractivity contribution in [3.05, 3.63) is 76.9 Å². The van der Waals surface area contributed by atoms with Crippen molar-refractivity contribution in [1.29, 1.82) is 0 Å². The Hall–Kier alpha value is -3.71. The number of benzene rings is 3. The lowest BCUT2D eigenvalue weighted by atomic mass is 9.98. The van der Waals surface area contributed by atoms with E-state index >= 15 is 0 Å². The number of oxazole rings is 1. The van der Waals surface area contributed by atoms with Crippen LogP contribution in [0.25, 0.3) is 22.6 Å². The van der Waals surface area contributed by atoms with Crippen LogP contribution in [-0.2, 0) is 0 Å². The molecule has 6 nitrogen and oxygen atoms in total. The van der Waals surface area contributed by atoms with Gasteiger partial charge in [0.05, 0.1) is 5.56 Å². The zero-order valence-corrected chi connectivity index (χ0v) is 20.4. The molecule has 3 N–H and O–H groups in total. The molecule has 0 aliphatic rings. The van der Waals surface area contributed by atoms with Crippen LogP contribution in [0, 0.1) is 13.8 Å². The molecule has 0 unspecified atom stereocenters. The van der Waals surface area contributed by atoms with E-state index in [1.54, 1.807) is 18.2 Å². The zero-order chi connectivity index (χ0) is 24.4. The summed E-state index contributed by atoms with van der Waals surface area (Å²) in [5, 5.41) is 16.4. The number of aryl methyl sites for hydroxylation is 2. The van der Waals surface area contributed by atoms with E-state index in [0.717, 1.165) is 23.1 Å². The molecule has 0 aliphatic heterocycles. The Kier molecular flexibility index (Phi) is 6.65. The fourth-order valence-electron chi connectivity index (χ4n) is 3.79. The number of aromatic nitrogens is 1. The maximum Gasteiger partial charge on any atom is 0.257 e. The van der Waals surface area contributed by atoms with Crippen molar-refractivity contribution in [2.75, 3.05) is 5.32 Å². The number of phenols is 1. The van der Waals surface area contributed by atoms with Crippen molar-refractivity contribution in [3.63, 3.8) is 0 Å². The topological polar surface area (TPSA) is 87.4 Å². The van der Waals surface area contributed by atoms with Crippen molar-refractivity contribution in [2.24, 2.45) is 0 Å². The number of anilines is 1. The normalized spacial score (nSPS) is 11.9. The number of hydrogen-bond donors (Lipinski definition) is 3. The van der Waals surface area contributed by atoms with Crippen molar-refractivity contribution in [3.8, 4) is 17.2 Å². The molecule has 1 amide bonds. The predicted octanol–water partition coefficient (Wildman–Crippen LogP) is 6.46. The van der Waals surface area contributed by atoms with Crippen molar-refractivity contribution in [2.45, 2.75) is 40.0 Å². The number of fused-ring (bicyclic) bond motifs is 1. The second-order valence-corrected chi connectivity index (χ2v) is 8.92. The fourth-order valence-corrected chi connectivity index (χ4v) is 4.00. The Labute approximate surface area is 204 Å². The molecular weight excluding hydrogens is 446 g/mol. The van der Waals surface area contributed by atoms with E-state index in [-0.39, 0.29) is 16.8 Å². The third-order valence-electron chi connectivity index (χ3n) is 5.93. The molecule has 0 aliphatic carbocycles. The lowest BCUT2D eigenvalue weighted by Crippen LogP contribution is -2.34. The van der Waals surface area contributed by atoms with E-state index in [1.165, 1.54) is 11.6 Å². The van der Waals surface area contributed by atoms with E-state index in [0.29, 0.717) is 34.2 Å². The molecule has 1 aromatic heterocycles. The lowest BCUT2D eigenvalue weighted by molar-refractivity contribution is 0.0977. The highest BCUT2D eigenvalue weighted by Crippen LogP contribution is 2.34. The highest BCUT2D eigenvalue weighted by molar-refractivity contribution is 7.80. The minimum absolute atomic E-state index is 0.0118. The van der Waals surface area contributed by atoms with Gasteiger partial charge in [-0.25, -0.2) is 4.98 Å². The van der Waals surface area contributed by atoms with Crippen LogP contribution < -0.4 is 10.6 Å². The maximum atomic E-state index is 12.5. The number of rotatable bonds is 5. The summed E-state index contributed by atoms with van der Waals surface area (Å²) in [6.45, 7) is 8.18. The molecule has 0 fully saturated rings. The van der Waals surface area contributed by atoms with Crippen LogP contribution in [0.5, 0.6) is 5.75 Å². The first-order valence-electron chi connectivity index (χ1n) is 11.2. The number of carbonyl (C=O) groups excluding carboxylic acids is 1. The third-order valence-corrected chi connectivity index (χ3v) is 6.14. The van der Waals surface area contributed by atoms with E-state index in [4.69, 9.17) is 16.6 Å². The number of nitrogens with one attached hydrogen (secondary N) is 2. The summed E-state index contributed by atoms with van der Waals surface area (Å²) >= 11 is 5.28. The van der Waals surface area contributed by atoms with Gasteiger partial charge in [-0.1, -0.05) is 37.6 Å². The van der Waals surface area contributed by atoms with Gasteiger partial charge in [0.15, 0.2) is 10.7 Å². The van der Waals surface area contributed by atoms with Gasteiger partial charge in [0.2, 0.25) is 5.89 Å². The molecule has 0 saturated carbocycles. The monoisotopic (exact) mass is 473 g/mol. The first-order chi connectivity index (χ1) is 16.2. The Morgan fingerprint density at radius 1 is 1.12 bits per heavy atom. The molecule has 34 heavy (non-hydrogen) atoms. The van der Waals surface area contributed by atoms with Gasteiger partial charge in [-0.2, -0.15) is 0 Å². The molecule has 0 radical (unpaired) electrons. The summed E-state index contributed by atoms with van der Waals surface area (Å²) in [4.78, 5) is 17.1. The van der Waals surface area contributed by atoms with Gasteiger partial charge >= 0.3 is 0 Å². The highest BCUT2D eigenvalue weighted by atomic mass is 32.1. The van der Waals surface area contributed by atoms with Gasteiger partial charge in [-0.3, -0.25) is 10.1 Å². The van der Waals surface area contributed by atoms with Crippen LogP contribution in [0.4, 0.5) is 5.69 Å². The molecular formula is C27H27N3O3S. The van der Waals surface area contributed by atoms with E-state index in [9.17, 15) is 9.90 Å². The van der Waals surface area contributed by atoms with Gasteiger partial charge in [-0.15, -0.1) is 0 Å². The number of carbonyl (C=O) groups is 1. The van der Waals surface area contributed by atoms with Crippen molar-refractivity contribution < 1.29 is 14.3 Å². The summed E-state index contributed by atoms with van der Waals surface area (Å²) in [5.41, 5.74) is 6.13. The summed E-state index contributed by atoms with van der Waals surface area (Å²) in [6, 6.07) is 16.5. The van der Waals surface area contributed by atoms with Crippen molar-refractivity contribution in [1.82, 2.24) is 10.3 Å². The molecule has 174 valence electrons. The Morgan fingerprint density at radius 3 is 2.62 bits per heavy atom. The molecule has 0 bridgehead atoms. The quantitative estimate of drug-likeness (QED) is 0.289. The fraction of sp³-hybridized carbons (Fsp3) is 0.222. The zero-order valence-electron chi connectivity index (χ0n) is 19.6. The molecule has 0 spiro atoms. The largest absolute Gasteiger partial charge is 0.507 e. The van der Waals surface area contributed by atoms with Crippen LogP contribution in [0.15, 0.2) is 59.0 Å². The molecule has 7 heteroatoms. The Bertz CT molecular complexity index is 1390. The predicted molar refractivity (Wildman–Crippen MR) is 139 cm³/mol. The van der Waals surface area contributed by atoms with Crippen LogP contribution in [0.3, 0.4) is 0 Å². The van der Waals surface area contributed by atoms with Crippen LogP contribution in [-0.4, -0.2) is 21.1 Å². The number of amides is 1. The third kappa shape index (κ3) is 4.94. The molecule has 3 aromatic carbocycles. The summed E-state index contributed by atoms with van der Waals surface area (Å²) in [5.74, 6) is 0.468. The minimum Gasteiger partial charge on any atom is -0.507 e. The first kappa shape index (κ1) is 23.4. The molecule has 1 atom stereocenters. The van der Waals surface area contributed by atoms with E-state index < -0.39 is 0 Å². The second-order valence-electron chi connectivity index (χ2n) is 8.51.